The second-order valence-electron chi connectivity index (χ2n) is 3.76. The Labute approximate surface area is 89.4 Å². The number of methoxy groups -OCH3 is 1. The molecule has 1 aliphatic rings. The first-order chi connectivity index (χ1) is 7.33. The van der Waals surface area contributed by atoms with Gasteiger partial charge in [0.05, 0.1) is 7.11 Å². The first-order valence-electron chi connectivity index (χ1n) is 5.19. The highest BCUT2D eigenvalue weighted by molar-refractivity contribution is 5.77. The molecule has 0 radical (unpaired) electrons. The molecular formula is C12H15NO2. The van der Waals surface area contributed by atoms with Crippen molar-refractivity contribution in [1.82, 2.24) is 5.32 Å². The van der Waals surface area contributed by atoms with Crippen LogP contribution < -0.4 is 5.32 Å². The third-order valence-corrected chi connectivity index (χ3v) is 2.90. The van der Waals surface area contributed by atoms with Gasteiger partial charge in [0.2, 0.25) is 0 Å². The van der Waals surface area contributed by atoms with Crippen molar-refractivity contribution >= 4 is 5.97 Å². The molecule has 2 atom stereocenters. The molecule has 0 aliphatic carbocycles. The lowest BCUT2D eigenvalue weighted by Crippen LogP contribution is -2.35. The number of hydrogen-bond acceptors (Lipinski definition) is 3. The molecule has 1 fully saturated rings. The maximum absolute atomic E-state index is 11.5. The summed E-state index contributed by atoms with van der Waals surface area (Å²) in [7, 11) is 1.43. The van der Waals surface area contributed by atoms with E-state index in [4.69, 9.17) is 4.74 Å². The first-order valence-corrected chi connectivity index (χ1v) is 5.19. The first kappa shape index (κ1) is 10.2. The van der Waals surface area contributed by atoms with E-state index in [2.05, 4.69) is 17.4 Å². The summed E-state index contributed by atoms with van der Waals surface area (Å²) in [5.74, 6) is 0.0833. The van der Waals surface area contributed by atoms with Crippen molar-refractivity contribution in [3.63, 3.8) is 0 Å². The number of benzene rings is 1. The van der Waals surface area contributed by atoms with Gasteiger partial charge >= 0.3 is 5.97 Å². The van der Waals surface area contributed by atoms with Crippen LogP contribution in [0.5, 0.6) is 0 Å². The maximum atomic E-state index is 11.5. The van der Waals surface area contributed by atoms with Crippen molar-refractivity contribution in [3.8, 4) is 0 Å². The van der Waals surface area contributed by atoms with Gasteiger partial charge in [0, 0.05) is 5.92 Å². The summed E-state index contributed by atoms with van der Waals surface area (Å²) in [5, 5.41) is 3.18. The molecule has 1 aromatic rings. The van der Waals surface area contributed by atoms with Crippen LogP contribution in [0.4, 0.5) is 0 Å². The fraction of sp³-hybridized carbons (Fsp3) is 0.417. The van der Waals surface area contributed by atoms with E-state index in [0.29, 0.717) is 0 Å². The minimum absolute atomic E-state index is 0.165. The van der Waals surface area contributed by atoms with E-state index in [-0.39, 0.29) is 17.9 Å². The quantitative estimate of drug-likeness (QED) is 0.740. The van der Waals surface area contributed by atoms with Gasteiger partial charge in [0.15, 0.2) is 0 Å². The van der Waals surface area contributed by atoms with Gasteiger partial charge < -0.3 is 10.1 Å². The van der Waals surface area contributed by atoms with Crippen LogP contribution in [0, 0.1) is 0 Å². The highest BCUT2D eigenvalue weighted by Gasteiger charge is 2.34. The second kappa shape index (κ2) is 4.45. The molecule has 1 aromatic carbocycles. The Balaban J connectivity index is 2.18. The molecule has 0 bridgehead atoms. The second-order valence-corrected chi connectivity index (χ2v) is 3.76. The normalized spacial score (nSPS) is 25.1. The lowest BCUT2D eigenvalue weighted by Gasteiger charge is -2.17. The molecule has 3 heteroatoms. The predicted molar refractivity (Wildman–Crippen MR) is 57.6 cm³/mol. The van der Waals surface area contributed by atoms with Crippen LogP contribution >= 0.6 is 0 Å². The van der Waals surface area contributed by atoms with E-state index in [1.807, 2.05) is 18.2 Å². The van der Waals surface area contributed by atoms with Gasteiger partial charge in [-0.1, -0.05) is 30.3 Å². The highest BCUT2D eigenvalue weighted by Crippen LogP contribution is 2.27. The summed E-state index contributed by atoms with van der Waals surface area (Å²) in [6.45, 7) is 0.874. The molecule has 3 nitrogen and oxygen atoms in total. The van der Waals surface area contributed by atoms with E-state index in [1.165, 1.54) is 12.7 Å². The van der Waals surface area contributed by atoms with Crippen molar-refractivity contribution in [2.45, 2.75) is 18.4 Å². The zero-order valence-electron chi connectivity index (χ0n) is 8.77. The van der Waals surface area contributed by atoms with E-state index < -0.39 is 0 Å². The van der Waals surface area contributed by atoms with Crippen molar-refractivity contribution in [1.29, 1.82) is 0 Å². The molecule has 0 amide bonds. The summed E-state index contributed by atoms with van der Waals surface area (Å²) >= 11 is 0. The number of esters is 1. The summed E-state index contributed by atoms with van der Waals surface area (Å²) in [6, 6.07) is 9.93. The molecule has 0 spiro atoms. The molecule has 0 saturated carbocycles. The van der Waals surface area contributed by atoms with E-state index in [1.54, 1.807) is 0 Å². The number of hydrogen-bond donors (Lipinski definition) is 1. The number of carbonyl (C=O) groups excluding carboxylic acids is 1. The van der Waals surface area contributed by atoms with Gasteiger partial charge in [-0.15, -0.1) is 0 Å². The van der Waals surface area contributed by atoms with Crippen LogP contribution in [0.25, 0.3) is 0 Å². The average Bonchev–Trinajstić information content (AvgIpc) is 2.78. The standard InChI is InChI=1S/C12H15NO2/c1-15-12(14)11-10(7-8-13-11)9-5-3-2-4-6-9/h2-6,10-11,13H,7-8H2,1H3/t10-,11-/m1/s1. The Morgan fingerprint density at radius 2 is 2.13 bits per heavy atom. The van der Waals surface area contributed by atoms with Crippen molar-refractivity contribution in [2.24, 2.45) is 0 Å². The van der Waals surface area contributed by atoms with Crippen LogP contribution in [0.3, 0.4) is 0 Å². The molecule has 1 saturated heterocycles. The average molecular weight is 205 g/mol. The van der Waals surface area contributed by atoms with Crippen LogP contribution in [-0.4, -0.2) is 25.7 Å². The Morgan fingerprint density at radius 3 is 2.80 bits per heavy atom. The summed E-state index contributed by atoms with van der Waals surface area (Å²) in [5.41, 5.74) is 1.21. The zero-order valence-corrected chi connectivity index (χ0v) is 8.77. The lowest BCUT2D eigenvalue weighted by atomic mass is 9.92. The summed E-state index contributed by atoms with van der Waals surface area (Å²) in [4.78, 5) is 11.5. The number of rotatable bonds is 2. The fourth-order valence-electron chi connectivity index (χ4n) is 2.14. The molecule has 15 heavy (non-hydrogen) atoms. The molecule has 1 heterocycles. The monoisotopic (exact) mass is 205 g/mol. The van der Waals surface area contributed by atoms with Crippen LogP contribution in [-0.2, 0) is 9.53 Å². The number of nitrogens with one attached hydrogen (secondary N) is 1. The number of ether oxygens (including phenoxy) is 1. The van der Waals surface area contributed by atoms with Crippen LogP contribution in [0.1, 0.15) is 17.9 Å². The Hall–Kier alpha value is -1.35. The van der Waals surface area contributed by atoms with Crippen molar-refractivity contribution in [2.75, 3.05) is 13.7 Å². The third-order valence-electron chi connectivity index (χ3n) is 2.90. The Kier molecular flexibility index (Phi) is 3.02. The zero-order chi connectivity index (χ0) is 10.7. The largest absolute Gasteiger partial charge is 0.468 e. The van der Waals surface area contributed by atoms with Crippen molar-refractivity contribution in [3.05, 3.63) is 35.9 Å². The SMILES string of the molecule is COC(=O)[C@@H]1NCC[C@@H]1c1ccccc1. The van der Waals surface area contributed by atoms with Gasteiger partial charge in [-0.3, -0.25) is 4.79 Å². The highest BCUT2D eigenvalue weighted by atomic mass is 16.5. The summed E-state index contributed by atoms with van der Waals surface area (Å²) in [6.07, 6.45) is 0.990. The minimum atomic E-state index is -0.183. The topological polar surface area (TPSA) is 38.3 Å². The molecular weight excluding hydrogens is 190 g/mol. The van der Waals surface area contributed by atoms with Gasteiger partial charge in [-0.2, -0.15) is 0 Å². The van der Waals surface area contributed by atoms with E-state index in [0.717, 1.165) is 13.0 Å². The molecule has 1 N–H and O–H groups in total. The smallest absolute Gasteiger partial charge is 0.323 e. The Bertz CT molecular complexity index is 337. The van der Waals surface area contributed by atoms with Gasteiger partial charge in [0.1, 0.15) is 6.04 Å². The van der Waals surface area contributed by atoms with Gasteiger partial charge in [-0.05, 0) is 18.5 Å². The molecule has 0 unspecified atom stereocenters. The minimum Gasteiger partial charge on any atom is -0.468 e. The van der Waals surface area contributed by atoms with Crippen LogP contribution in [0.2, 0.25) is 0 Å². The van der Waals surface area contributed by atoms with Crippen LogP contribution in [0.15, 0.2) is 30.3 Å². The fourth-order valence-corrected chi connectivity index (χ4v) is 2.14. The lowest BCUT2D eigenvalue weighted by molar-refractivity contribution is -0.143. The summed E-state index contributed by atoms with van der Waals surface area (Å²) < 4.78 is 4.78. The number of carbonyl (C=O) groups is 1. The van der Waals surface area contributed by atoms with Crippen molar-refractivity contribution < 1.29 is 9.53 Å². The molecule has 80 valence electrons. The maximum Gasteiger partial charge on any atom is 0.323 e. The van der Waals surface area contributed by atoms with E-state index in [9.17, 15) is 4.79 Å². The van der Waals surface area contributed by atoms with Gasteiger partial charge in [-0.25, -0.2) is 0 Å². The molecule has 0 aromatic heterocycles. The predicted octanol–water partition coefficient (Wildman–Crippen LogP) is 1.31. The van der Waals surface area contributed by atoms with Gasteiger partial charge in [0.25, 0.3) is 0 Å². The third kappa shape index (κ3) is 2.02. The molecule has 1 aliphatic heterocycles. The van der Waals surface area contributed by atoms with E-state index >= 15 is 0 Å². The molecule has 2 rings (SSSR count). The Morgan fingerprint density at radius 1 is 1.40 bits per heavy atom.